The number of benzene rings is 2. The monoisotopic (exact) mass is 435 g/mol. The van der Waals surface area contributed by atoms with Gasteiger partial charge in [-0.2, -0.15) is 4.98 Å². The lowest BCUT2D eigenvalue weighted by Crippen LogP contribution is -2.31. The van der Waals surface area contributed by atoms with Crippen LogP contribution in [0.15, 0.2) is 48.5 Å². The summed E-state index contributed by atoms with van der Waals surface area (Å²) in [6.07, 6.45) is 4.76. The van der Waals surface area contributed by atoms with Crippen LogP contribution in [0.4, 0.5) is 11.8 Å². The average molecular weight is 436 g/mol. The van der Waals surface area contributed by atoms with Crippen LogP contribution in [0.25, 0.3) is 10.9 Å². The molecule has 0 aliphatic heterocycles. The van der Waals surface area contributed by atoms with E-state index in [9.17, 15) is 0 Å². The molecule has 1 fully saturated rings. The summed E-state index contributed by atoms with van der Waals surface area (Å²) in [7, 11) is 5.76. The normalized spacial score (nSPS) is 18.1. The molecule has 1 heterocycles. The van der Waals surface area contributed by atoms with E-state index in [1.165, 1.54) is 18.4 Å². The lowest BCUT2D eigenvalue weighted by Gasteiger charge is -2.29. The highest BCUT2D eigenvalue weighted by Crippen LogP contribution is 2.28. The Morgan fingerprint density at radius 1 is 0.969 bits per heavy atom. The van der Waals surface area contributed by atoms with Crippen molar-refractivity contribution in [3.8, 4) is 5.75 Å². The Hall–Kier alpha value is -2.86. The third-order valence-corrected chi connectivity index (χ3v) is 6.11. The van der Waals surface area contributed by atoms with Crippen molar-refractivity contribution in [1.29, 1.82) is 0 Å². The first kappa shape index (κ1) is 23.8. The van der Waals surface area contributed by atoms with E-state index in [-0.39, 0.29) is 7.43 Å². The number of anilines is 2. The van der Waals surface area contributed by atoms with E-state index in [2.05, 4.69) is 39.8 Å². The van der Waals surface area contributed by atoms with Crippen molar-refractivity contribution in [1.82, 2.24) is 15.3 Å². The van der Waals surface area contributed by atoms with Gasteiger partial charge >= 0.3 is 0 Å². The van der Waals surface area contributed by atoms with E-state index in [4.69, 9.17) is 14.7 Å². The summed E-state index contributed by atoms with van der Waals surface area (Å²) in [5.41, 5.74) is 2.28. The number of hydrogen-bond donors (Lipinski definition) is 2. The molecule has 0 bridgehead atoms. The summed E-state index contributed by atoms with van der Waals surface area (Å²) in [5.74, 6) is 3.34. The highest BCUT2D eigenvalue weighted by atomic mass is 16.5. The Morgan fingerprint density at radius 2 is 1.69 bits per heavy atom. The fourth-order valence-electron chi connectivity index (χ4n) is 4.32. The summed E-state index contributed by atoms with van der Waals surface area (Å²) < 4.78 is 5.22. The largest absolute Gasteiger partial charge is 0.497 e. The summed E-state index contributed by atoms with van der Waals surface area (Å²) >= 11 is 0. The number of methoxy groups -OCH3 is 1. The van der Waals surface area contributed by atoms with E-state index in [0.717, 1.165) is 60.3 Å². The van der Waals surface area contributed by atoms with Gasteiger partial charge in [0.2, 0.25) is 5.95 Å². The van der Waals surface area contributed by atoms with Crippen molar-refractivity contribution < 1.29 is 4.74 Å². The second kappa shape index (κ2) is 11.1. The van der Waals surface area contributed by atoms with Crippen LogP contribution in [0.1, 0.15) is 38.7 Å². The van der Waals surface area contributed by atoms with Gasteiger partial charge in [0.15, 0.2) is 0 Å². The first-order valence-corrected chi connectivity index (χ1v) is 11.2. The maximum absolute atomic E-state index is 5.22. The van der Waals surface area contributed by atoms with Crippen LogP contribution < -0.4 is 20.3 Å². The molecule has 6 heteroatoms. The number of rotatable bonds is 8. The molecule has 0 unspecified atom stereocenters. The SMILES string of the molecule is C.COc1ccc(CNCC2CCC(Nc3nc(N(C)C)c4ccccc4n3)CC2)cc1. The quantitative estimate of drug-likeness (QED) is 0.513. The second-order valence-electron chi connectivity index (χ2n) is 8.62. The Labute approximate surface area is 192 Å². The minimum Gasteiger partial charge on any atom is -0.497 e. The van der Waals surface area contributed by atoms with Gasteiger partial charge in [0.1, 0.15) is 11.6 Å². The van der Waals surface area contributed by atoms with Crippen LogP contribution in [-0.2, 0) is 6.54 Å². The zero-order chi connectivity index (χ0) is 21.6. The topological polar surface area (TPSA) is 62.3 Å². The number of para-hydroxylation sites is 1. The molecule has 0 amide bonds. The molecule has 0 spiro atoms. The zero-order valence-electron chi connectivity index (χ0n) is 18.8. The van der Waals surface area contributed by atoms with Crippen LogP contribution in [0, 0.1) is 5.92 Å². The van der Waals surface area contributed by atoms with Crippen LogP contribution >= 0.6 is 0 Å². The highest BCUT2D eigenvalue weighted by Gasteiger charge is 2.22. The number of hydrogen-bond acceptors (Lipinski definition) is 6. The lowest BCUT2D eigenvalue weighted by atomic mass is 9.86. The molecule has 0 radical (unpaired) electrons. The molecular formula is C26H37N5O. The number of nitrogens with zero attached hydrogens (tertiary/aromatic N) is 3. The highest BCUT2D eigenvalue weighted by molar-refractivity contribution is 5.90. The first-order chi connectivity index (χ1) is 15.1. The van der Waals surface area contributed by atoms with Gasteiger partial charge in [0.05, 0.1) is 12.6 Å². The summed E-state index contributed by atoms with van der Waals surface area (Å²) in [6, 6.07) is 16.9. The van der Waals surface area contributed by atoms with E-state index in [0.29, 0.717) is 6.04 Å². The van der Waals surface area contributed by atoms with Gasteiger partial charge in [0.25, 0.3) is 0 Å². The number of fused-ring (bicyclic) bond motifs is 1. The number of ether oxygens (including phenoxy) is 1. The van der Waals surface area contributed by atoms with Crippen molar-refractivity contribution in [2.45, 2.75) is 45.7 Å². The van der Waals surface area contributed by atoms with Crippen molar-refractivity contribution in [2.75, 3.05) is 38.0 Å². The summed E-state index contributed by atoms with van der Waals surface area (Å²) in [6.45, 7) is 1.97. The smallest absolute Gasteiger partial charge is 0.225 e. The van der Waals surface area contributed by atoms with Crippen molar-refractivity contribution >= 4 is 22.7 Å². The standard InChI is InChI=1S/C25H33N5O.CH4/c1-30(2)24-22-6-4-5-7-23(22)28-25(29-24)27-20-12-8-18(9-13-20)16-26-17-19-10-14-21(31-3)15-11-19;/h4-7,10-11,14-15,18,20,26H,8-9,12-13,16-17H2,1-3H3,(H,27,28,29);1H4. The minimum atomic E-state index is 0. The van der Waals surface area contributed by atoms with Gasteiger partial charge in [-0.05, 0) is 68.0 Å². The second-order valence-corrected chi connectivity index (χ2v) is 8.62. The zero-order valence-corrected chi connectivity index (χ0v) is 18.8. The molecule has 4 rings (SSSR count). The maximum Gasteiger partial charge on any atom is 0.225 e. The Bertz CT molecular complexity index is 981. The van der Waals surface area contributed by atoms with Crippen LogP contribution in [0.5, 0.6) is 5.75 Å². The lowest BCUT2D eigenvalue weighted by molar-refractivity contribution is 0.324. The maximum atomic E-state index is 5.22. The van der Waals surface area contributed by atoms with Crippen molar-refractivity contribution in [3.63, 3.8) is 0 Å². The molecule has 0 atom stereocenters. The molecule has 2 N–H and O–H groups in total. The molecule has 1 aliphatic carbocycles. The van der Waals surface area contributed by atoms with Gasteiger partial charge in [-0.25, -0.2) is 4.98 Å². The fourth-order valence-corrected chi connectivity index (χ4v) is 4.32. The van der Waals surface area contributed by atoms with Crippen molar-refractivity contribution in [2.24, 2.45) is 5.92 Å². The Kier molecular flexibility index (Phi) is 8.28. The molecule has 3 aromatic rings. The van der Waals surface area contributed by atoms with Gasteiger partial charge in [-0.3, -0.25) is 0 Å². The molecule has 32 heavy (non-hydrogen) atoms. The predicted octanol–water partition coefficient (Wildman–Crippen LogP) is 5.10. The molecule has 0 saturated heterocycles. The number of aromatic nitrogens is 2. The van der Waals surface area contributed by atoms with E-state index in [1.807, 2.05) is 38.4 Å². The molecule has 6 nitrogen and oxygen atoms in total. The van der Waals surface area contributed by atoms with E-state index >= 15 is 0 Å². The van der Waals surface area contributed by atoms with Gasteiger partial charge in [-0.1, -0.05) is 31.7 Å². The molecular weight excluding hydrogens is 398 g/mol. The molecule has 1 aromatic heterocycles. The van der Waals surface area contributed by atoms with Gasteiger partial charge in [-0.15, -0.1) is 0 Å². The third-order valence-electron chi connectivity index (χ3n) is 6.11. The fraction of sp³-hybridized carbons (Fsp3) is 0.462. The Balaban J connectivity index is 0.00000289. The Morgan fingerprint density at radius 3 is 2.38 bits per heavy atom. The molecule has 1 aliphatic rings. The average Bonchev–Trinajstić information content (AvgIpc) is 2.80. The van der Waals surface area contributed by atoms with Crippen LogP contribution in [-0.4, -0.2) is 43.8 Å². The van der Waals surface area contributed by atoms with E-state index in [1.54, 1.807) is 7.11 Å². The van der Waals surface area contributed by atoms with E-state index < -0.39 is 0 Å². The molecule has 1 saturated carbocycles. The van der Waals surface area contributed by atoms with Crippen LogP contribution in [0.2, 0.25) is 0 Å². The van der Waals surface area contributed by atoms with Gasteiger partial charge in [0, 0.05) is 32.1 Å². The molecule has 2 aromatic carbocycles. The van der Waals surface area contributed by atoms with Gasteiger partial charge < -0.3 is 20.3 Å². The molecule has 172 valence electrons. The predicted molar refractivity (Wildman–Crippen MR) is 135 cm³/mol. The summed E-state index contributed by atoms with van der Waals surface area (Å²) in [4.78, 5) is 11.6. The van der Waals surface area contributed by atoms with Crippen molar-refractivity contribution in [3.05, 3.63) is 54.1 Å². The first-order valence-electron chi connectivity index (χ1n) is 11.2. The minimum absolute atomic E-state index is 0. The summed E-state index contributed by atoms with van der Waals surface area (Å²) in [5, 5.41) is 8.31. The number of nitrogens with one attached hydrogen (secondary N) is 2. The van der Waals surface area contributed by atoms with Crippen LogP contribution in [0.3, 0.4) is 0 Å². The third kappa shape index (κ3) is 5.88.